The van der Waals surface area contributed by atoms with Crippen molar-refractivity contribution in [2.45, 2.75) is 36.6 Å². The number of hydrogen-bond donors (Lipinski definition) is 2. The fraction of sp³-hybridized carbons (Fsp3) is 0.207. The molecule has 1 aliphatic heterocycles. The summed E-state index contributed by atoms with van der Waals surface area (Å²) >= 11 is 1.33. The van der Waals surface area contributed by atoms with Gasteiger partial charge in [0.2, 0.25) is 0 Å². The molecule has 3 aromatic carbocycles. The van der Waals surface area contributed by atoms with Crippen molar-refractivity contribution >= 4 is 11.8 Å². The average Bonchev–Trinajstić information content (AvgIpc) is 3.32. The lowest BCUT2D eigenvalue weighted by Gasteiger charge is -2.25. The molecule has 0 saturated carbocycles. The van der Waals surface area contributed by atoms with Crippen LogP contribution in [0.15, 0.2) is 82.6 Å². The normalized spacial score (nSPS) is 15.9. The van der Waals surface area contributed by atoms with Gasteiger partial charge in [0, 0.05) is 17.7 Å². The molecule has 2 unspecified atom stereocenters. The SMILES string of the molecule is Cc1c(Cc2c(F)cccc2C(F)(F)F)c2n(c(=O)c1-c1cccc(O)c1)C(C(N)c1ccccc1)CS2. The van der Waals surface area contributed by atoms with Crippen LogP contribution in [0.1, 0.15) is 39.9 Å². The number of fused-ring (bicyclic) bond motifs is 1. The number of thioether (sulfide) groups is 1. The molecule has 0 bridgehead atoms. The second kappa shape index (κ2) is 9.96. The van der Waals surface area contributed by atoms with Gasteiger partial charge in [-0.1, -0.05) is 48.5 Å². The van der Waals surface area contributed by atoms with Gasteiger partial charge in [-0.3, -0.25) is 9.36 Å². The molecule has 0 saturated heterocycles. The number of nitrogens with two attached hydrogens (primary N) is 1. The first-order chi connectivity index (χ1) is 18.1. The third kappa shape index (κ3) is 4.61. The molecule has 2 atom stereocenters. The van der Waals surface area contributed by atoms with Gasteiger partial charge in [-0.15, -0.1) is 11.8 Å². The Labute approximate surface area is 220 Å². The Morgan fingerprint density at radius 1 is 1.05 bits per heavy atom. The number of hydrogen-bond acceptors (Lipinski definition) is 4. The Kier molecular flexibility index (Phi) is 6.83. The summed E-state index contributed by atoms with van der Waals surface area (Å²) in [5.74, 6) is -0.609. The minimum absolute atomic E-state index is 0.0614. The number of halogens is 4. The molecule has 4 aromatic rings. The van der Waals surface area contributed by atoms with Crippen LogP contribution in [0.3, 0.4) is 0 Å². The standard InChI is InChI=1S/C29H24F4N2O2S/c1-16-20(14-21-22(29(31,32)33)11-6-12-23(21)30)28-35(27(37)25(16)18-9-5-10-19(36)13-18)24(15-38-28)26(34)17-7-3-2-4-8-17/h2-13,24,26,36H,14-15,34H2,1H3. The summed E-state index contributed by atoms with van der Waals surface area (Å²) in [6.07, 6.45) is -5.12. The molecular formula is C29H24F4N2O2S. The highest BCUT2D eigenvalue weighted by Gasteiger charge is 2.37. The fourth-order valence-electron chi connectivity index (χ4n) is 5.08. The maximum Gasteiger partial charge on any atom is 0.416 e. The molecule has 1 aliphatic rings. The van der Waals surface area contributed by atoms with Gasteiger partial charge in [-0.05, 0) is 53.4 Å². The monoisotopic (exact) mass is 540 g/mol. The largest absolute Gasteiger partial charge is 0.508 e. The Bertz CT molecular complexity index is 1570. The van der Waals surface area contributed by atoms with E-state index in [0.29, 0.717) is 27.5 Å². The summed E-state index contributed by atoms with van der Waals surface area (Å²) in [4.78, 5) is 14.0. The van der Waals surface area contributed by atoms with E-state index in [4.69, 9.17) is 5.73 Å². The van der Waals surface area contributed by atoms with E-state index in [0.717, 1.165) is 23.8 Å². The third-order valence-corrected chi connectivity index (χ3v) is 8.20. The Morgan fingerprint density at radius 2 is 1.76 bits per heavy atom. The molecule has 0 aliphatic carbocycles. The number of phenolic OH excluding ortho intramolecular Hbond substituents is 1. The van der Waals surface area contributed by atoms with Crippen LogP contribution < -0.4 is 11.3 Å². The van der Waals surface area contributed by atoms with Crippen LogP contribution in [0, 0.1) is 12.7 Å². The lowest BCUT2D eigenvalue weighted by atomic mass is 9.92. The van der Waals surface area contributed by atoms with Gasteiger partial charge in [0.05, 0.1) is 28.2 Å². The van der Waals surface area contributed by atoms with Gasteiger partial charge in [0.1, 0.15) is 11.6 Å². The molecule has 0 radical (unpaired) electrons. The van der Waals surface area contributed by atoms with Gasteiger partial charge in [-0.2, -0.15) is 13.2 Å². The Balaban J connectivity index is 1.76. The number of pyridine rings is 1. The topological polar surface area (TPSA) is 68.2 Å². The maximum atomic E-state index is 14.9. The zero-order valence-corrected chi connectivity index (χ0v) is 21.1. The number of phenols is 1. The van der Waals surface area contributed by atoms with E-state index < -0.39 is 35.2 Å². The zero-order chi connectivity index (χ0) is 27.2. The average molecular weight is 541 g/mol. The van der Waals surface area contributed by atoms with Crippen LogP contribution >= 0.6 is 11.8 Å². The van der Waals surface area contributed by atoms with E-state index in [-0.39, 0.29) is 23.3 Å². The second-order valence-corrected chi connectivity index (χ2v) is 10.3. The van der Waals surface area contributed by atoms with Gasteiger partial charge in [0.15, 0.2) is 0 Å². The predicted molar refractivity (Wildman–Crippen MR) is 140 cm³/mol. The third-order valence-electron chi connectivity index (χ3n) is 6.97. The van der Waals surface area contributed by atoms with E-state index >= 15 is 0 Å². The quantitative estimate of drug-likeness (QED) is 0.279. The van der Waals surface area contributed by atoms with Crippen molar-refractivity contribution in [3.63, 3.8) is 0 Å². The molecule has 1 aromatic heterocycles. The molecule has 196 valence electrons. The summed E-state index contributed by atoms with van der Waals surface area (Å²) < 4.78 is 58.0. The van der Waals surface area contributed by atoms with Crippen molar-refractivity contribution in [2.24, 2.45) is 5.73 Å². The lowest BCUT2D eigenvalue weighted by Crippen LogP contribution is -2.33. The van der Waals surface area contributed by atoms with Crippen molar-refractivity contribution in [1.82, 2.24) is 4.57 Å². The highest BCUT2D eigenvalue weighted by molar-refractivity contribution is 7.99. The van der Waals surface area contributed by atoms with Crippen molar-refractivity contribution < 1.29 is 22.7 Å². The maximum absolute atomic E-state index is 14.9. The molecule has 9 heteroatoms. The smallest absolute Gasteiger partial charge is 0.416 e. The van der Waals surface area contributed by atoms with Crippen LogP contribution in [-0.2, 0) is 12.6 Å². The highest BCUT2D eigenvalue weighted by Crippen LogP contribution is 2.44. The van der Waals surface area contributed by atoms with E-state index in [2.05, 4.69) is 0 Å². The van der Waals surface area contributed by atoms with Gasteiger partial charge in [0.25, 0.3) is 5.56 Å². The molecular weight excluding hydrogens is 516 g/mol. The molecule has 5 rings (SSSR count). The Morgan fingerprint density at radius 3 is 2.45 bits per heavy atom. The van der Waals surface area contributed by atoms with Crippen LogP contribution in [-0.4, -0.2) is 15.4 Å². The second-order valence-electron chi connectivity index (χ2n) is 9.26. The number of rotatable bonds is 5. The van der Waals surface area contributed by atoms with E-state index in [1.165, 1.54) is 28.5 Å². The van der Waals surface area contributed by atoms with Crippen LogP contribution in [0.2, 0.25) is 0 Å². The van der Waals surface area contributed by atoms with Crippen molar-refractivity contribution in [3.05, 3.63) is 117 Å². The minimum atomic E-state index is -4.75. The molecule has 3 N–H and O–H groups in total. The molecule has 0 spiro atoms. The zero-order valence-electron chi connectivity index (χ0n) is 20.3. The lowest BCUT2D eigenvalue weighted by molar-refractivity contribution is -0.138. The van der Waals surface area contributed by atoms with Crippen LogP contribution in [0.4, 0.5) is 17.6 Å². The first kappa shape index (κ1) is 26.1. The fourth-order valence-corrected chi connectivity index (χ4v) is 6.52. The number of aromatic hydroxyl groups is 1. The van der Waals surface area contributed by atoms with Gasteiger partial charge < -0.3 is 10.8 Å². The van der Waals surface area contributed by atoms with Crippen molar-refractivity contribution in [2.75, 3.05) is 5.75 Å². The number of aromatic nitrogens is 1. The molecule has 4 nitrogen and oxygen atoms in total. The van der Waals surface area contributed by atoms with Gasteiger partial charge >= 0.3 is 6.18 Å². The van der Waals surface area contributed by atoms with Crippen molar-refractivity contribution in [1.29, 1.82) is 0 Å². The summed E-state index contributed by atoms with van der Waals surface area (Å²) in [7, 11) is 0. The highest BCUT2D eigenvalue weighted by atomic mass is 32.2. The summed E-state index contributed by atoms with van der Waals surface area (Å²) in [5, 5.41) is 10.6. The first-order valence-corrected chi connectivity index (χ1v) is 12.9. The first-order valence-electron chi connectivity index (χ1n) is 11.9. The van der Waals surface area contributed by atoms with E-state index in [1.807, 2.05) is 30.3 Å². The molecule has 2 heterocycles. The van der Waals surface area contributed by atoms with Crippen molar-refractivity contribution in [3.8, 4) is 16.9 Å². The number of alkyl halides is 3. The van der Waals surface area contributed by atoms with E-state index in [1.54, 1.807) is 19.1 Å². The summed E-state index contributed by atoms with van der Waals surface area (Å²) in [6, 6.07) is 17.3. The number of nitrogens with zero attached hydrogens (tertiary/aromatic N) is 1. The number of benzene rings is 3. The Hall–Kier alpha value is -3.56. The van der Waals surface area contributed by atoms with Crippen LogP contribution in [0.25, 0.3) is 11.1 Å². The van der Waals surface area contributed by atoms with Gasteiger partial charge in [-0.25, -0.2) is 4.39 Å². The van der Waals surface area contributed by atoms with E-state index in [9.17, 15) is 27.5 Å². The molecule has 0 amide bonds. The summed E-state index contributed by atoms with van der Waals surface area (Å²) in [5.41, 5.74) is 7.04. The molecule has 0 fully saturated rings. The predicted octanol–water partition coefficient (Wildman–Crippen LogP) is 6.62. The van der Waals surface area contributed by atoms with Crippen LogP contribution in [0.5, 0.6) is 5.75 Å². The molecule has 38 heavy (non-hydrogen) atoms. The summed E-state index contributed by atoms with van der Waals surface area (Å²) in [6.45, 7) is 1.65. The minimum Gasteiger partial charge on any atom is -0.508 e.